The van der Waals surface area contributed by atoms with Crippen molar-refractivity contribution in [1.29, 1.82) is 0 Å². The molecular weight excluding hydrogens is 242 g/mol. The van der Waals surface area contributed by atoms with Crippen LogP contribution in [0.15, 0.2) is 0 Å². The molecule has 0 atom stereocenters. The lowest BCUT2D eigenvalue weighted by Gasteiger charge is -2.30. The lowest BCUT2D eigenvalue weighted by atomic mass is 9.92. The van der Waals surface area contributed by atoms with Crippen LogP contribution in [0.25, 0.3) is 0 Å². The molecule has 110 valence electrons. The Labute approximate surface area is 115 Å². The molecule has 1 amide bonds. The van der Waals surface area contributed by atoms with Gasteiger partial charge in [-0.2, -0.15) is 0 Å². The molecule has 0 aliphatic carbocycles. The van der Waals surface area contributed by atoms with Gasteiger partial charge >= 0.3 is 6.09 Å². The predicted octanol–water partition coefficient (Wildman–Crippen LogP) is 1.45. The number of unbranched alkanes of at least 4 members (excludes halogenated alkanes) is 1. The number of piperazine rings is 1. The summed E-state index contributed by atoms with van der Waals surface area (Å²) < 4.78 is 0. The lowest BCUT2D eigenvalue weighted by Crippen LogP contribution is -2.43. The molecule has 0 aromatic carbocycles. The van der Waals surface area contributed by atoms with Crippen LogP contribution in [0.3, 0.4) is 0 Å². The molecule has 0 spiro atoms. The van der Waals surface area contributed by atoms with E-state index in [0.717, 1.165) is 44.9 Å². The van der Waals surface area contributed by atoms with Crippen LogP contribution in [0.4, 0.5) is 4.79 Å². The first-order chi connectivity index (χ1) is 9.25. The minimum atomic E-state index is -0.753. The summed E-state index contributed by atoms with van der Waals surface area (Å²) in [6.07, 6.45) is 5.22. The van der Waals surface area contributed by atoms with E-state index in [0.29, 0.717) is 0 Å². The Hall–Kier alpha value is -0.810. The summed E-state index contributed by atoms with van der Waals surface area (Å²) in [6, 6.07) is 0. The standard InChI is InChI=1S/C14H27N3O2/c18-14(19)17-9-4-13(5-10-17)3-1-2-8-16-11-6-15-7-12-16/h13,15H,1-12H2,(H,18,19). The summed E-state index contributed by atoms with van der Waals surface area (Å²) in [5.74, 6) is 0.749. The van der Waals surface area contributed by atoms with E-state index < -0.39 is 6.09 Å². The first kappa shape index (κ1) is 14.6. The number of hydrogen-bond acceptors (Lipinski definition) is 3. The number of piperidine rings is 1. The Kier molecular flexibility index (Phi) is 5.92. The van der Waals surface area contributed by atoms with Gasteiger partial charge in [0, 0.05) is 39.3 Å². The van der Waals surface area contributed by atoms with Crippen LogP contribution >= 0.6 is 0 Å². The number of hydrogen-bond donors (Lipinski definition) is 2. The van der Waals surface area contributed by atoms with Crippen LogP contribution in [0.5, 0.6) is 0 Å². The summed E-state index contributed by atoms with van der Waals surface area (Å²) in [6.45, 7) is 7.35. The molecule has 0 aromatic heterocycles. The molecule has 2 aliphatic heterocycles. The fraction of sp³-hybridized carbons (Fsp3) is 0.929. The van der Waals surface area contributed by atoms with Gasteiger partial charge < -0.3 is 20.2 Å². The summed E-state index contributed by atoms with van der Waals surface area (Å²) in [4.78, 5) is 14.9. The quantitative estimate of drug-likeness (QED) is 0.742. The van der Waals surface area contributed by atoms with Crippen molar-refractivity contribution in [2.75, 3.05) is 45.8 Å². The molecule has 2 aliphatic rings. The van der Waals surface area contributed by atoms with Gasteiger partial charge in [-0.1, -0.05) is 12.8 Å². The molecule has 0 saturated carbocycles. The van der Waals surface area contributed by atoms with Crippen molar-refractivity contribution in [3.8, 4) is 0 Å². The van der Waals surface area contributed by atoms with Crippen molar-refractivity contribution in [1.82, 2.24) is 15.1 Å². The third-order valence-corrected chi connectivity index (χ3v) is 4.43. The molecule has 2 N–H and O–H groups in total. The summed E-state index contributed by atoms with van der Waals surface area (Å²) in [5, 5.41) is 12.3. The van der Waals surface area contributed by atoms with Crippen LogP contribution in [0, 0.1) is 5.92 Å². The van der Waals surface area contributed by atoms with E-state index in [-0.39, 0.29) is 0 Å². The van der Waals surface area contributed by atoms with Gasteiger partial charge in [0.25, 0.3) is 0 Å². The van der Waals surface area contributed by atoms with Crippen LogP contribution in [-0.4, -0.2) is 66.8 Å². The van der Waals surface area contributed by atoms with E-state index in [9.17, 15) is 4.79 Å². The van der Waals surface area contributed by atoms with Gasteiger partial charge in [0.15, 0.2) is 0 Å². The molecule has 5 nitrogen and oxygen atoms in total. The highest BCUT2D eigenvalue weighted by Gasteiger charge is 2.21. The number of carboxylic acid groups (broad SMARTS) is 1. The Balaban J connectivity index is 1.51. The van der Waals surface area contributed by atoms with Gasteiger partial charge in [0.2, 0.25) is 0 Å². The molecule has 0 bridgehead atoms. The Bertz CT molecular complexity index is 272. The number of nitrogens with zero attached hydrogens (tertiary/aromatic N) is 2. The van der Waals surface area contributed by atoms with Gasteiger partial charge in [-0.15, -0.1) is 0 Å². The number of likely N-dealkylation sites (tertiary alicyclic amines) is 1. The summed E-state index contributed by atoms with van der Waals surface area (Å²) >= 11 is 0. The Morgan fingerprint density at radius 1 is 1.11 bits per heavy atom. The summed E-state index contributed by atoms with van der Waals surface area (Å²) in [7, 11) is 0. The van der Waals surface area contributed by atoms with E-state index in [4.69, 9.17) is 5.11 Å². The molecule has 2 heterocycles. The largest absolute Gasteiger partial charge is 0.465 e. The molecule has 2 rings (SSSR count). The normalized spacial score (nSPS) is 22.6. The van der Waals surface area contributed by atoms with E-state index in [1.807, 2.05) is 0 Å². The lowest BCUT2D eigenvalue weighted by molar-refractivity contribution is 0.122. The molecule has 0 aromatic rings. The molecule has 2 fully saturated rings. The number of rotatable bonds is 5. The highest BCUT2D eigenvalue weighted by Crippen LogP contribution is 2.22. The number of carbonyl (C=O) groups is 1. The van der Waals surface area contributed by atoms with Crippen molar-refractivity contribution in [2.45, 2.75) is 32.1 Å². The molecule has 0 unspecified atom stereocenters. The van der Waals surface area contributed by atoms with Crippen LogP contribution in [-0.2, 0) is 0 Å². The topological polar surface area (TPSA) is 55.8 Å². The molecule has 19 heavy (non-hydrogen) atoms. The van der Waals surface area contributed by atoms with Crippen molar-refractivity contribution < 1.29 is 9.90 Å². The van der Waals surface area contributed by atoms with Crippen LogP contribution in [0.1, 0.15) is 32.1 Å². The smallest absolute Gasteiger partial charge is 0.407 e. The second-order valence-corrected chi connectivity index (χ2v) is 5.80. The zero-order valence-corrected chi connectivity index (χ0v) is 11.8. The van der Waals surface area contributed by atoms with E-state index in [1.54, 1.807) is 4.90 Å². The number of nitrogens with one attached hydrogen (secondary N) is 1. The van der Waals surface area contributed by atoms with Gasteiger partial charge in [-0.05, 0) is 31.7 Å². The highest BCUT2D eigenvalue weighted by atomic mass is 16.4. The maximum absolute atomic E-state index is 10.8. The zero-order valence-electron chi connectivity index (χ0n) is 11.8. The minimum absolute atomic E-state index is 0.734. The highest BCUT2D eigenvalue weighted by molar-refractivity contribution is 5.64. The van der Waals surface area contributed by atoms with E-state index >= 15 is 0 Å². The molecule has 0 radical (unpaired) electrons. The average Bonchev–Trinajstić information content (AvgIpc) is 2.45. The monoisotopic (exact) mass is 269 g/mol. The Morgan fingerprint density at radius 2 is 1.79 bits per heavy atom. The van der Waals surface area contributed by atoms with Gasteiger partial charge in [0.05, 0.1) is 0 Å². The van der Waals surface area contributed by atoms with Gasteiger partial charge in [-0.25, -0.2) is 4.79 Å². The van der Waals surface area contributed by atoms with Crippen molar-refractivity contribution in [3.63, 3.8) is 0 Å². The SMILES string of the molecule is O=C(O)N1CCC(CCCCN2CCNCC2)CC1. The minimum Gasteiger partial charge on any atom is -0.465 e. The second kappa shape index (κ2) is 7.70. The second-order valence-electron chi connectivity index (χ2n) is 5.80. The maximum atomic E-state index is 10.8. The molecule has 5 heteroatoms. The predicted molar refractivity (Wildman–Crippen MR) is 75.5 cm³/mol. The Morgan fingerprint density at radius 3 is 2.42 bits per heavy atom. The summed E-state index contributed by atoms with van der Waals surface area (Å²) in [5.41, 5.74) is 0. The fourth-order valence-corrected chi connectivity index (χ4v) is 3.12. The third kappa shape index (κ3) is 4.99. The maximum Gasteiger partial charge on any atom is 0.407 e. The van der Waals surface area contributed by atoms with Crippen molar-refractivity contribution in [3.05, 3.63) is 0 Å². The number of amides is 1. The first-order valence-corrected chi connectivity index (χ1v) is 7.66. The zero-order chi connectivity index (χ0) is 13.5. The molecular formula is C14H27N3O2. The van der Waals surface area contributed by atoms with Gasteiger partial charge in [-0.3, -0.25) is 0 Å². The van der Waals surface area contributed by atoms with Crippen LogP contribution in [0.2, 0.25) is 0 Å². The fourth-order valence-electron chi connectivity index (χ4n) is 3.12. The van der Waals surface area contributed by atoms with Crippen LogP contribution < -0.4 is 5.32 Å². The van der Waals surface area contributed by atoms with E-state index in [2.05, 4.69) is 10.2 Å². The van der Waals surface area contributed by atoms with E-state index in [1.165, 1.54) is 38.9 Å². The van der Waals surface area contributed by atoms with Crippen molar-refractivity contribution in [2.24, 2.45) is 5.92 Å². The average molecular weight is 269 g/mol. The molecule has 2 saturated heterocycles. The first-order valence-electron chi connectivity index (χ1n) is 7.66. The van der Waals surface area contributed by atoms with Gasteiger partial charge in [0.1, 0.15) is 0 Å². The van der Waals surface area contributed by atoms with Crippen molar-refractivity contribution >= 4 is 6.09 Å². The third-order valence-electron chi connectivity index (χ3n) is 4.43.